The highest BCUT2D eigenvalue weighted by molar-refractivity contribution is 5.72. The lowest BCUT2D eigenvalue weighted by molar-refractivity contribution is -0.0442. The summed E-state index contributed by atoms with van der Waals surface area (Å²) in [6.07, 6.45) is 0.635. The SMILES string of the molecule is CN[C@H]1[C@H](F)[C@H](n2cnc3c(C)ncnc32)O[C@@H]1COC. The van der Waals surface area contributed by atoms with Gasteiger partial charge in [0.1, 0.15) is 17.9 Å². The number of halogens is 1. The molecule has 4 atom stereocenters. The Bertz CT molecular complexity index is 634. The van der Waals surface area contributed by atoms with Crippen LogP contribution < -0.4 is 5.32 Å². The number of nitrogens with zero attached hydrogens (tertiary/aromatic N) is 4. The topological polar surface area (TPSA) is 74.1 Å². The van der Waals surface area contributed by atoms with Gasteiger partial charge in [-0.15, -0.1) is 0 Å². The van der Waals surface area contributed by atoms with Gasteiger partial charge in [0.05, 0.1) is 24.7 Å². The van der Waals surface area contributed by atoms with Crippen LogP contribution in [0, 0.1) is 6.92 Å². The number of methoxy groups -OCH3 is 1. The molecule has 1 fully saturated rings. The van der Waals surface area contributed by atoms with Crippen molar-refractivity contribution in [3.63, 3.8) is 0 Å². The molecule has 0 amide bonds. The van der Waals surface area contributed by atoms with Gasteiger partial charge in [-0.2, -0.15) is 0 Å². The number of fused-ring (bicyclic) bond motifs is 1. The fourth-order valence-corrected chi connectivity index (χ4v) is 2.75. The molecule has 2 aromatic rings. The first-order valence-electron chi connectivity index (χ1n) is 6.77. The first-order chi connectivity index (χ1) is 10.2. The van der Waals surface area contributed by atoms with E-state index in [2.05, 4.69) is 20.3 Å². The molecule has 3 heterocycles. The highest BCUT2D eigenvalue weighted by Crippen LogP contribution is 2.33. The molecule has 2 aromatic heterocycles. The van der Waals surface area contributed by atoms with Crippen molar-refractivity contribution in [3.8, 4) is 0 Å². The van der Waals surface area contributed by atoms with Crippen molar-refractivity contribution < 1.29 is 13.9 Å². The zero-order valence-corrected chi connectivity index (χ0v) is 12.2. The molecule has 0 aliphatic carbocycles. The van der Waals surface area contributed by atoms with Gasteiger partial charge in [-0.05, 0) is 14.0 Å². The minimum atomic E-state index is -1.22. The summed E-state index contributed by atoms with van der Waals surface area (Å²) >= 11 is 0. The van der Waals surface area contributed by atoms with Crippen molar-refractivity contribution in [2.45, 2.75) is 31.5 Å². The summed E-state index contributed by atoms with van der Waals surface area (Å²) < 4.78 is 27.2. The van der Waals surface area contributed by atoms with Crippen LogP contribution in [0.4, 0.5) is 4.39 Å². The Labute approximate surface area is 121 Å². The molecule has 1 saturated heterocycles. The Morgan fingerprint density at radius 2 is 2.24 bits per heavy atom. The predicted molar refractivity (Wildman–Crippen MR) is 73.6 cm³/mol. The van der Waals surface area contributed by atoms with Gasteiger partial charge in [-0.1, -0.05) is 0 Å². The lowest BCUT2D eigenvalue weighted by atomic mass is 10.1. The average molecular weight is 295 g/mol. The summed E-state index contributed by atoms with van der Waals surface area (Å²) in [5, 5.41) is 2.95. The highest BCUT2D eigenvalue weighted by Gasteiger charge is 2.45. The van der Waals surface area contributed by atoms with Crippen LogP contribution in [0.1, 0.15) is 11.9 Å². The number of aryl methyl sites for hydroxylation is 1. The van der Waals surface area contributed by atoms with Gasteiger partial charge in [-0.3, -0.25) is 4.57 Å². The summed E-state index contributed by atoms with van der Waals surface area (Å²) in [7, 11) is 3.28. The van der Waals surface area contributed by atoms with E-state index in [1.54, 1.807) is 25.1 Å². The van der Waals surface area contributed by atoms with Crippen LogP contribution in [-0.4, -0.2) is 58.6 Å². The molecule has 0 radical (unpaired) electrons. The number of nitrogens with one attached hydrogen (secondary N) is 1. The minimum absolute atomic E-state index is 0.322. The monoisotopic (exact) mass is 295 g/mol. The van der Waals surface area contributed by atoms with Gasteiger partial charge in [0.2, 0.25) is 0 Å². The van der Waals surface area contributed by atoms with Gasteiger partial charge >= 0.3 is 0 Å². The van der Waals surface area contributed by atoms with E-state index in [1.807, 2.05) is 6.92 Å². The molecule has 0 spiro atoms. The normalized spacial score (nSPS) is 29.3. The quantitative estimate of drug-likeness (QED) is 0.890. The first-order valence-corrected chi connectivity index (χ1v) is 6.77. The van der Waals surface area contributed by atoms with Crippen LogP contribution in [0.2, 0.25) is 0 Å². The fourth-order valence-electron chi connectivity index (χ4n) is 2.75. The number of imidazole rings is 1. The van der Waals surface area contributed by atoms with Crippen LogP contribution in [0.3, 0.4) is 0 Å². The number of ether oxygens (including phenoxy) is 2. The van der Waals surface area contributed by atoms with E-state index in [9.17, 15) is 4.39 Å². The third-order valence-electron chi connectivity index (χ3n) is 3.81. The zero-order chi connectivity index (χ0) is 15.0. The molecule has 1 aliphatic rings. The molecule has 8 heteroatoms. The molecular formula is C13H18FN5O2. The maximum absolute atomic E-state index is 14.7. The van der Waals surface area contributed by atoms with E-state index in [4.69, 9.17) is 9.47 Å². The second-order valence-corrected chi connectivity index (χ2v) is 5.06. The number of likely N-dealkylation sites (N-methyl/N-ethyl adjacent to an activating group) is 1. The van der Waals surface area contributed by atoms with Gasteiger partial charge in [0.15, 0.2) is 18.0 Å². The minimum Gasteiger partial charge on any atom is -0.382 e. The van der Waals surface area contributed by atoms with E-state index < -0.39 is 18.4 Å². The summed E-state index contributed by atoms with van der Waals surface area (Å²) in [6, 6.07) is -0.435. The lowest BCUT2D eigenvalue weighted by Crippen LogP contribution is -2.42. The van der Waals surface area contributed by atoms with Crippen molar-refractivity contribution in [1.29, 1.82) is 0 Å². The summed E-state index contributed by atoms with van der Waals surface area (Å²) in [5.41, 5.74) is 1.98. The molecule has 3 rings (SSSR count). The average Bonchev–Trinajstić information content (AvgIpc) is 3.02. The second-order valence-electron chi connectivity index (χ2n) is 5.06. The summed E-state index contributed by atoms with van der Waals surface area (Å²) in [5.74, 6) is 0. The number of rotatable bonds is 4. The van der Waals surface area contributed by atoms with E-state index in [1.165, 1.54) is 6.33 Å². The fraction of sp³-hybridized carbons (Fsp3) is 0.615. The van der Waals surface area contributed by atoms with Gasteiger partial charge in [0.25, 0.3) is 0 Å². The van der Waals surface area contributed by atoms with Crippen molar-refractivity contribution >= 4 is 11.2 Å². The maximum Gasteiger partial charge on any atom is 0.170 e. The summed E-state index contributed by atoms with van der Waals surface area (Å²) in [6.45, 7) is 2.16. The Kier molecular flexibility index (Phi) is 3.83. The number of hydrogen-bond donors (Lipinski definition) is 1. The smallest absolute Gasteiger partial charge is 0.170 e. The molecular weight excluding hydrogens is 277 g/mol. The molecule has 0 aromatic carbocycles. The third-order valence-corrected chi connectivity index (χ3v) is 3.81. The second kappa shape index (κ2) is 5.63. The van der Waals surface area contributed by atoms with Crippen LogP contribution in [-0.2, 0) is 9.47 Å². The Morgan fingerprint density at radius 1 is 1.43 bits per heavy atom. The molecule has 1 N–H and O–H groups in total. The highest BCUT2D eigenvalue weighted by atomic mass is 19.1. The van der Waals surface area contributed by atoms with Gasteiger partial charge in [-0.25, -0.2) is 19.3 Å². The Hall–Kier alpha value is -1.64. The molecule has 114 valence electrons. The molecule has 0 saturated carbocycles. The van der Waals surface area contributed by atoms with Crippen molar-refractivity contribution in [2.75, 3.05) is 20.8 Å². The van der Waals surface area contributed by atoms with Gasteiger partial charge in [0, 0.05) is 7.11 Å². The van der Waals surface area contributed by atoms with Crippen LogP contribution in [0.5, 0.6) is 0 Å². The van der Waals surface area contributed by atoms with E-state index in [0.29, 0.717) is 17.8 Å². The number of hydrogen-bond acceptors (Lipinski definition) is 6. The van der Waals surface area contributed by atoms with Crippen molar-refractivity contribution in [3.05, 3.63) is 18.3 Å². The summed E-state index contributed by atoms with van der Waals surface area (Å²) in [4.78, 5) is 12.5. The largest absolute Gasteiger partial charge is 0.382 e. The Balaban J connectivity index is 1.97. The van der Waals surface area contributed by atoms with Crippen molar-refractivity contribution in [1.82, 2.24) is 24.8 Å². The van der Waals surface area contributed by atoms with Gasteiger partial charge < -0.3 is 14.8 Å². The third kappa shape index (κ3) is 2.29. The van der Waals surface area contributed by atoms with Crippen LogP contribution in [0.25, 0.3) is 11.2 Å². The van der Waals surface area contributed by atoms with E-state index in [0.717, 1.165) is 5.69 Å². The number of alkyl halides is 1. The van der Waals surface area contributed by atoms with Crippen LogP contribution >= 0.6 is 0 Å². The van der Waals surface area contributed by atoms with E-state index in [-0.39, 0.29) is 6.10 Å². The number of aromatic nitrogens is 4. The van der Waals surface area contributed by atoms with Crippen LogP contribution in [0.15, 0.2) is 12.7 Å². The molecule has 0 bridgehead atoms. The standard InChI is InChI=1S/C13H18FN5O2/c1-7-10-12(17-5-16-7)19(6-18-10)13-9(14)11(15-2)8(21-13)4-20-3/h5-6,8-9,11,13,15H,4H2,1-3H3/t8-,9+,11-,13-/m1/s1. The van der Waals surface area contributed by atoms with Crippen molar-refractivity contribution in [2.24, 2.45) is 0 Å². The predicted octanol–water partition coefficient (Wildman–Crippen LogP) is 0.605. The maximum atomic E-state index is 14.7. The molecule has 1 aliphatic heterocycles. The molecule has 0 unspecified atom stereocenters. The Morgan fingerprint density at radius 3 is 2.95 bits per heavy atom. The molecule has 7 nitrogen and oxygen atoms in total. The molecule has 21 heavy (non-hydrogen) atoms. The first kappa shape index (κ1) is 14.3. The van der Waals surface area contributed by atoms with E-state index >= 15 is 0 Å². The zero-order valence-electron chi connectivity index (χ0n) is 12.2. The lowest BCUT2D eigenvalue weighted by Gasteiger charge is -2.17.